The Morgan fingerprint density at radius 3 is 2.75 bits per heavy atom. The summed E-state index contributed by atoms with van der Waals surface area (Å²) < 4.78 is 2.55. The zero-order valence-electron chi connectivity index (χ0n) is 11.4. The molecule has 0 spiro atoms. The lowest BCUT2D eigenvalue weighted by Gasteiger charge is -2.10. The number of amides is 1. The topological polar surface area (TPSA) is 72.9 Å². The van der Waals surface area contributed by atoms with Gasteiger partial charge in [0.05, 0.1) is 5.69 Å². The SMILES string of the molecule is CC(C)NCc1ccc(-n2ccc(C(N)=O)n2)c(Br)c1. The Balaban J connectivity index is 2.22. The maximum absolute atomic E-state index is 11.1. The summed E-state index contributed by atoms with van der Waals surface area (Å²) in [5.41, 5.74) is 7.50. The molecule has 3 N–H and O–H groups in total. The second-order valence-electron chi connectivity index (χ2n) is 4.83. The van der Waals surface area contributed by atoms with E-state index in [9.17, 15) is 4.79 Å². The molecule has 0 atom stereocenters. The van der Waals surface area contributed by atoms with Crippen LogP contribution in [0.1, 0.15) is 29.9 Å². The first-order valence-electron chi connectivity index (χ1n) is 6.35. The van der Waals surface area contributed by atoms with E-state index < -0.39 is 5.91 Å². The van der Waals surface area contributed by atoms with Gasteiger partial charge in [0.15, 0.2) is 0 Å². The van der Waals surface area contributed by atoms with Gasteiger partial charge in [-0.05, 0) is 39.7 Å². The summed E-state index contributed by atoms with van der Waals surface area (Å²) in [6.45, 7) is 5.03. The molecule has 1 heterocycles. The van der Waals surface area contributed by atoms with Crippen molar-refractivity contribution < 1.29 is 4.79 Å². The third kappa shape index (κ3) is 3.46. The number of halogens is 1. The summed E-state index contributed by atoms with van der Waals surface area (Å²) in [6, 6.07) is 8.07. The Bertz CT molecular complexity index is 621. The molecule has 0 bridgehead atoms. The zero-order chi connectivity index (χ0) is 14.7. The van der Waals surface area contributed by atoms with Gasteiger partial charge < -0.3 is 11.1 Å². The molecular weight excluding hydrogens is 320 g/mol. The number of nitrogens with zero attached hydrogens (tertiary/aromatic N) is 2. The van der Waals surface area contributed by atoms with E-state index in [1.165, 1.54) is 5.56 Å². The Hall–Kier alpha value is -1.66. The molecule has 0 unspecified atom stereocenters. The third-order valence-electron chi connectivity index (χ3n) is 2.81. The van der Waals surface area contributed by atoms with Crippen molar-refractivity contribution in [1.82, 2.24) is 15.1 Å². The second-order valence-corrected chi connectivity index (χ2v) is 5.69. The maximum atomic E-state index is 11.1. The number of nitrogens with one attached hydrogen (secondary N) is 1. The van der Waals surface area contributed by atoms with Crippen LogP contribution in [-0.4, -0.2) is 21.7 Å². The molecule has 0 fully saturated rings. The fourth-order valence-corrected chi connectivity index (χ4v) is 2.37. The van der Waals surface area contributed by atoms with Gasteiger partial charge in [0, 0.05) is 23.3 Å². The molecule has 1 aromatic carbocycles. The number of nitrogens with two attached hydrogens (primary N) is 1. The lowest BCUT2D eigenvalue weighted by molar-refractivity contribution is 0.0995. The number of aromatic nitrogens is 2. The molecule has 1 aromatic heterocycles. The Morgan fingerprint density at radius 1 is 1.45 bits per heavy atom. The van der Waals surface area contributed by atoms with Gasteiger partial charge in [-0.3, -0.25) is 4.79 Å². The molecule has 20 heavy (non-hydrogen) atoms. The van der Waals surface area contributed by atoms with Crippen LogP contribution in [0.3, 0.4) is 0 Å². The normalized spacial score (nSPS) is 11.0. The monoisotopic (exact) mass is 336 g/mol. The summed E-state index contributed by atoms with van der Waals surface area (Å²) in [7, 11) is 0. The quantitative estimate of drug-likeness (QED) is 0.879. The summed E-state index contributed by atoms with van der Waals surface area (Å²) >= 11 is 3.53. The lowest BCUT2D eigenvalue weighted by Crippen LogP contribution is -2.21. The largest absolute Gasteiger partial charge is 0.364 e. The van der Waals surface area contributed by atoms with Gasteiger partial charge >= 0.3 is 0 Å². The number of carbonyl (C=O) groups is 1. The highest BCUT2D eigenvalue weighted by molar-refractivity contribution is 9.10. The standard InChI is InChI=1S/C14H17BrN4O/c1-9(2)17-8-10-3-4-13(11(15)7-10)19-6-5-12(18-19)14(16)20/h3-7,9,17H,8H2,1-2H3,(H2,16,20). The van der Waals surface area contributed by atoms with Crippen molar-refractivity contribution in [2.75, 3.05) is 0 Å². The average molecular weight is 337 g/mol. The third-order valence-corrected chi connectivity index (χ3v) is 3.45. The van der Waals surface area contributed by atoms with E-state index in [4.69, 9.17) is 5.73 Å². The number of hydrogen-bond donors (Lipinski definition) is 2. The van der Waals surface area contributed by atoms with Crippen molar-refractivity contribution in [2.24, 2.45) is 5.73 Å². The van der Waals surface area contributed by atoms with Crippen LogP contribution in [0.15, 0.2) is 34.9 Å². The molecule has 2 aromatic rings. The Labute approximate surface area is 126 Å². The smallest absolute Gasteiger partial charge is 0.269 e. The van der Waals surface area contributed by atoms with E-state index in [1.54, 1.807) is 16.9 Å². The fourth-order valence-electron chi connectivity index (χ4n) is 1.76. The number of rotatable bonds is 5. The van der Waals surface area contributed by atoms with E-state index >= 15 is 0 Å². The van der Waals surface area contributed by atoms with Crippen LogP contribution < -0.4 is 11.1 Å². The number of hydrogen-bond acceptors (Lipinski definition) is 3. The van der Waals surface area contributed by atoms with Gasteiger partial charge in [-0.1, -0.05) is 19.9 Å². The number of carbonyl (C=O) groups excluding carboxylic acids is 1. The van der Waals surface area contributed by atoms with Crippen LogP contribution in [0.5, 0.6) is 0 Å². The molecule has 0 aliphatic heterocycles. The summed E-state index contributed by atoms with van der Waals surface area (Å²) in [4.78, 5) is 11.1. The first-order chi connectivity index (χ1) is 9.47. The van der Waals surface area contributed by atoms with Gasteiger partial charge in [-0.2, -0.15) is 5.10 Å². The molecule has 6 heteroatoms. The van der Waals surface area contributed by atoms with Gasteiger partial charge in [-0.15, -0.1) is 0 Å². The molecule has 106 valence electrons. The molecule has 0 saturated heterocycles. The molecule has 1 amide bonds. The number of benzene rings is 1. The predicted octanol–water partition coefficient (Wildman–Crippen LogP) is 2.23. The van der Waals surface area contributed by atoms with Crippen molar-refractivity contribution in [3.05, 3.63) is 46.2 Å². The highest BCUT2D eigenvalue weighted by atomic mass is 79.9. The van der Waals surface area contributed by atoms with Crippen LogP contribution in [-0.2, 0) is 6.54 Å². The minimum atomic E-state index is -0.530. The summed E-state index contributed by atoms with van der Waals surface area (Å²) in [5.74, 6) is -0.530. The minimum Gasteiger partial charge on any atom is -0.364 e. The first-order valence-corrected chi connectivity index (χ1v) is 7.14. The van der Waals surface area contributed by atoms with Crippen molar-refractivity contribution in [3.63, 3.8) is 0 Å². The van der Waals surface area contributed by atoms with Gasteiger partial charge in [-0.25, -0.2) is 4.68 Å². The highest BCUT2D eigenvalue weighted by Gasteiger charge is 2.09. The van der Waals surface area contributed by atoms with Crippen LogP contribution in [0, 0.1) is 0 Å². The highest BCUT2D eigenvalue weighted by Crippen LogP contribution is 2.22. The first kappa shape index (κ1) is 14.7. The summed E-state index contributed by atoms with van der Waals surface area (Å²) in [5, 5.41) is 7.50. The fraction of sp³-hybridized carbons (Fsp3) is 0.286. The predicted molar refractivity (Wildman–Crippen MR) is 81.8 cm³/mol. The van der Waals surface area contributed by atoms with Crippen LogP contribution in [0.25, 0.3) is 5.69 Å². The van der Waals surface area contributed by atoms with Crippen molar-refractivity contribution in [3.8, 4) is 5.69 Å². The zero-order valence-corrected chi connectivity index (χ0v) is 13.0. The Kier molecular flexibility index (Phi) is 4.57. The summed E-state index contributed by atoms with van der Waals surface area (Å²) in [6.07, 6.45) is 1.71. The van der Waals surface area contributed by atoms with Crippen LogP contribution in [0.4, 0.5) is 0 Å². The number of primary amides is 1. The molecule has 0 aliphatic rings. The molecule has 2 rings (SSSR count). The Morgan fingerprint density at radius 2 is 2.20 bits per heavy atom. The molecule has 5 nitrogen and oxygen atoms in total. The molecular formula is C14H17BrN4O. The van der Waals surface area contributed by atoms with Gasteiger partial charge in [0.25, 0.3) is 5.91 Å². The van der Waals surface area contributed by atoms with Gasteiger partial charge in [0.1, 0.15) is 5.69 Å². The average Bonchev–Trinajstić information content (AvgIpc) is 2.86. The van der Waals surface area contributed by atoms with Crippen LogP contribution >= 0.6 is 15.9 Å². The van der Waals surface area contributed by atoms with Crippen LogP contribution in [0.2, 0.25) is 0 Å². The minimum absolute atomic E-state index is 0.252. The van der Waals surface area contributed by atoms with Crippen molar-refractivity contribution in [2.45, 2.75) is 26.4 Å². The second kappa shape index (κ2) is 6.19. The van der Waals surface area contributed by atoms with E-state index in [-0.39, 0.29) is 5.69 Å². The van der Waals surface area contributed by atoms with Crippen molar-refractivity contribution >= 4 is 21.8 Å². The maximum Gasteiger partial charge on any atom is 0.269 e. The van der Waals surface area contributed by atoms with E-state index in [0.717, 1.165) is 16.7 Å². The lowest BCUT2D eigenvalue weighted by atomic mass is 10.2. The van der Waals surface area contributed by atoms with Crippen molar-refractivity contribution in [1.29, 1.82) is 0 Å². The van der Waals surface area contributed by atoms with E-state index in [2.05, 4.69) is 40.2 Å². The van der Waals surface area contributed by atoms with E-state index in [0.29, 0.717) is 6.04 Å². The molecule has 0 radical (unpaired) electrons. The van der Waals surface area contributed by atoms with E-state index in [1.807, 2.05) is 18.2 Å². The molecule has 0 saturated carbocycles. The van der Waals surface area contributed by atoms with Gasteiger partial charge in [0.2, 0.25) is 0 Å². The molecule has 0 aliphatic carbocycles.